The molecule has 0 radical (unpaired) electrons. The van der Waals surface area contributed by atoms with Gasteiger partial charge in [0.1, 0.15) is 0 Å². The minimum atomic E-state index is 0.567. The predicted octanol–water partition coefficient (Wildman–Crippen LogP) is 2.18. The maximum atomic E-state index is 4.17. The summed E-state index contributed by atoms with van der Waals surface area (Å²) in [5, 5.41) is 3.54. The zero-order chi connectivity index (χ0) is 10.7. The van der Waals surface area contributed by atoms with Crippen molar-refractivity contribution in [3.63, 3.8) is 0 Å². The van der Waals surface area contributed by atoms with E-state index in [4.69, 9.17) is 0 Å². The molecular formula is C12H21N3. The topological polar surface area (TPSA) is 29.9 Å². The van der Waals surface area contributed by atoms with Gasteiger partial charge in [-0.2, -0.15) is 0 Å². The molecule has 3 nitrogen and oxygen atoms in total. The average Bonchev–Trinajstić information content (AvgIpc) is 2.63. The van der Waals surface area contributed by atoms with Crippen LogP contribution in [0.3, 0.4) is 0 Å². The summed E-state index contributed by atoms with van der Waals surface area (Å²) >= 11 is 0. The molecule has 15 heavy (non-hydrogen) atoms. The zero-order valence-corrected chi connectivity index (χ0v) is 9.79. The molecule has 1 fully saturated rings. The Morgan fingerprint density at radius 1 is 1.53 bits per heavy atom. The third-order valence-electron chi connectivity index (χ3n) is 3.56. The monoisotopic (exact) mass is 207 g/mol. The quantitative estimate of drug-likeness (QED) is 0.802. The Labute approximate surface area is 91.9 Å². The highest BCUT2D eigenvalue weighted by molar-refractivity contribution is 4.98. The number of nitrogens with one attached hydrogen (secondary N) is 1. The highest BCUT2D eigenvalue weighted by Crippen LogP contribution is 2.39. The summed E-state index contributed by atoms with van der Waals surface area (Å²) in [6.45, 7) is 7.62. The number of rotatable bonds is 5. The van der Waals surface area contributed by atoms with Gasteiger partial charge in [-0.1, -0.05) is 13.3 Å². The second kappa shape index (κ2) is 4.35. The number of hydrogen-bond donors (Lipinski definition) is 1. The molecule has 2 rings (SSSR count). The zero-order valence-electron chi connectivity index (χ0n) is 9.79. The molecule has 0 bridgehead atoms. The van der Waals surface area contributed by atoms with Gasteiger partial charge < -0.3 is 9.88 Å². The maximum Gasteiger partial charge on any atom is 0.0948 e. The largest absolute Gasteiger partial charge is 0.334 e. The average molecular weight is 207 g/mol. The summed E-state index contributed by atoms with van der Waals surface area (Å²) in [6.07, 6.45) is 8.03. The summed E-state index contributed by atoms with van der Waals surface area (Å²) < 4.78 is 2.19. The van der Waals surface area contributed by atoms with Crippen molar-refractivity contribution < 1.29 is 0 Å². The van der Waals surface area contributed by atoms with Crippen molar-refractivity contribution in [3.8, 4) is 0 Å². The van der Waals surface area contributed by atoms with Crippen LogP contribution in [-0.4, -0.2) is 16.1 Å². The molecular weight excluding hydrogens is 186 g/mol. The summed E-state index contributed by atoms with van der Waals surface area (Å²) in [5.41, 5.74) is 1.86. The van der Waals surface area contributed by atoms with E-state index in [1.54, 1.807) is 0 Å². The maximum absolute atomic E-state index is 4.17. The van der Waals surface area contributed by atoms with Gasteiger partial charge in [-0.25, -0.2) is 4.98 Å². The molecule has 1 aliphatic carbocycles. The number of hydrogen-bond acceptors (Lipinski definition) is 2. The predicted molar refractivity (Wildman–Crippen MR) is 61.6 cm³/mol. The normalized spacial score (nSPS) is 18.8. The highest BCUT2D eigenvalue weighted by Gasteiger charge is 2.30. The Bertz CT molecular complexity index is 312. The van der Waals surface area contributed by atoms with Gasteiger partial charge >= 0.3 is 0 Å². The van der Waals surface area contributed by atoms with Crippen molar-refractivity contribution in [2.45, 2.75) is 46.2 Å². The standard InChI is InChI=1S/C12H21N3/c1-3-15-10-14-8-11(15)7-13-9-12(2)5-4-6-12/h8,10,13H,3-7,9H2,1-2H3. The number of aryl methyl sites for hydroxylation is 1. The molecule has 1 aromatic heterocycles. The van der Waals surface area contributed by atoms with Crippen LogP contribution in [0.1, 0.15) is 38.8 Å². The van der Waals surface area contributed by atoms with Crippen LogP contribution in [-0.2, 0) is 13.1 Å². The van der Waals surface area contributed by atoms with E-state index in [0.29, 0.717) is 5.41 Å². The van der Waals surface area contributed by atoms with Crippen LogP contribution in [0.2, 0.25) is 0 Å². The molecule has 1 saturated carbocycles. The lowest BCUT2D eigenvalue weighted by atomic mass is 9.70. The Hall–Kier alpha value is -0.830. The molecule has 0 atom stereocenters. The van der Waals surface area contributed by atoms with E-state index in [1.807, 2.05) is 12.5 Å². The van der Waals surface area contributed by atoms with Crippen molar-refractivity contribution in [1.29, 1.82) is 0 Å². The Kier molecular flexibility index (Phi) is 3.10. The van der Waals surface area contributed by atoms with Gasteiger partial charge in [0, 0.05) is 25.8 Å². The van der Waals surface area contributed by atoms with Crippen LogP contribution >= 0.6 is 0 Å². The second-order valence-electron chi connectivity index (χ2n) is 4.94. The molecule has 0 aliphatic heterocycles. The fraction of sp³-hybridized carbons (Fsp3) is 0.750. The van der Waals surface area contributed by atoms with E-state index in [9.17, 15) is 0 Å². The van der Waals surface area contributed by atoms with Crippen molar-refractivity contribution in [2.24, 2.45) is 5.41 Å². The van der Waals surface area contributed by atoms with E-state index >= 15 is 0 Å². The first-order valence-corrected chi connectivity index (χ1v) is 5.93. The van der Waals surface area contributed by atoms with Gasteiger partial charge in [-0.3, -0.25) is 0 Å². The van der Waals surface area contributed by atoms with Gasteiger partial charge in [0.15, 0.2) is 0 Å². The van der Waals surface area contributed by atoms with Gasteiger partial charge in [-0.15, -0.1) is 0 Å². The van der Waals surface area contributed by atoms with Gasteiger partial charge in [-0.05, 0) is 25.2 Å². The molecule has 0 amide bonds. The molecule has 1 aliphatic rings. The van der Waals surface area contributed by atoms with Crippen LogP contribution in [0, 0.1) is 5.41 Å². The van der Waals surface area contributed by atoms with E-state index in [0.717, 1.165) is 19.6 Å². The third kappa shape index (κ3) is 2.40. The number of imidazole rings is 1. The number of nitrogens with zero attached hydrogens (tertiary/aromatic N) is 2. The van der Waals surface area contributed by atoms with E-state index in [1.165, 1.54) is 25.0 Å². The van der Waals surface area contributed by atoms with Crippen LogP contribution < -0.4 is 5.32 Å². The second-order valence-corrected chi connectivity index (χ2v) is 4.94. The molecule has 0 saturated heterocycles. The first kappa shape index (κ1) is 10.7. The fourth-order valence-electron chi connectivity index (χ4n) is 2.23. The molecule has 1 N–H and O–H groups in total. The van der Waals surface area contributed by atoms with Crippen molar-refractivity contribution in [1.82, 2.24) is 14.9 Å². The minimum Gasteiger partial charge on any atom is -0.334 e. The van der Waals surface area contributed by atoms with Crippen molar-refractivity contribution in [2.75, 3.05) is 6.54 Å². The van der Waals surface area contributed by atoms with Crippen LogP contribution in [0.5, 0.6) is 0 Å². The molecule has 0 unspecified atom stereocenters. The summed E-state index contributed by atoms with van der Waals surface area (Å²) in [5.74, 6) is 0. The molecule has 0 aromatic carbocycles. The summed E-state index contributed by atoms with van der Waals surface area (Å²) in [7, 11) is 0. The fourth-order valence-corrected chi connectivity index (χ4v) is 2.23. The molecule has 0 spiro atoms. The van der Waals surface area contributed by atoms with Gasteiger partial charge in [0.25, 0.3) is 0 Å². The van der Waals surface area contributed by atoms with E-state index in [2.05, 4.69) is 28.7 Å². The Morgan fingerprint density at radius 2 is 2.33 bits per heavy atom. The van der Waals surface area contributed by atoms with Crippen molar-refractivity contribution in [3.05, 3.63) is 18.2 Å². The number of aromatic nitrogens is 2. The lowest BCUT2D eigenvalue weighted by Crippen LogP contribution is -2.37. The van der Waals surface area contributed by atoms with E-state index in [-0.39, 0.29) is 0 Å². The molecule has 1 aromatic rings. The van der Waals surface area contributed by atoms with Crippen molar-refractivity contribution >= 4 is 0 Å². The van der Waals surface area contributed by atoms with E-state index < -0.39 is 0 Å². The van der Waals surface area contributed by atoms with Crippen LogP contribution in [0.15, 0.2) is 12.5 Å². The van der Waals surface area contributed by atoms with Crippen LogP contribution in [0.4, 0.5) is 0 Å². The molecule has 3 heteroatoms. The molecule has 84 valence electrons. The summed E-state index contributed by atoms with van der Waals surface area (Å²) in [6, 6.07) is 0. The first-order valence-electron chi connectivity index (χ1n) is 5.93. The Morgan fingerprint density at radius 3 is 2.93 bits per heavy atom. The summed E-state index contributed by atoms with van der Waals surface area (Å²) in [4.78, 5) is 4.17. The molecule has 1 heterocycles. The Balaban J connectivity index is 1.78. The van der Waals surface area contributed by atoms with Crippen LogP contribution in [0.25, 0.3) is 0 Å². The lowest BCUT2D eigenvalue weighted by molar-refractivity contribution is 0.156. The third-order valence-corrected chi connectivity index (χ3v) is 3.56. The lowest BCUT2D eigenvalue weighted by Gasteiger charge is -2.38. The van der Waals surface area contributed by atoms with Gasteiger partial charge in [0.2, 0.25) is 0 Å². The SMILES string of the molecule is CCn1cncc1CNCC1(C)CCC1. The first-order chi connectivity index (χ1) is 7.23. The minimum absolute atomic E-state index is 0.567. The van der Waals surface area contributed by atoms with Gasteiger partial charge in [0.05, 0.1) is 12.0 Å². The smallest absolute Gasteiger partial charge is 0.0948 e. The highest BCUT2D eigenvalue weighted by atomic mass is 15.1.